The highest BCUT2D eigenvalue weighted by molar-refractivity contribution is 6.43. The molecule has 0 aromatic heterocycles. The van der Waals surface area contributed by atoms with Crippen molar-refractivity contribution in [1.82, 2.24) is 0 Å². The minimum atomic E-state index is -1.49. The quantitative estimate of drug-likeness (QED) is 0.569. The molecule has 14 heavy (non-hydrogen) atoms. The number of hydrogen-bond acceptors (Lipinski definition) is 2. The Morgan fingerprint density at radius 3 is 2.43 bits per heavy atom. The summed E-state index contributed by atoms with van der Waals surface area (Å²) in [5, 5.41) is 0. The van der Waals surface area contributed by atoms with Crippen LogP contribution in [-0.4, -0.2) is 23.5 Å². The van der Waals surface area contributed by atoms with Gasteiger partial charge in [-0.2, -0.15) is 0 Å². The molecule has 1 aromatic carbocycles. The summed E-state index contributed by atoms with van der Waals surface area (Å²) in [7, 11) is 1.91. The van der Waals surface area contributed by atoms with Crippen molar-refractivity contribution in [2.45, 2.75) is 11.9 Å². The zero-order valence-electron chi connectivity index (χ0n) is 8.50. The third-order valence-corrected chi connectivity index (χ3v) is 4.24. The molecule has 4 heteroatoms. The van der Waals surface area contributed by atoms with Gasteiger partial charge in [0.25, 0.3) is 0 Å². The maximum absolute atomic E-state index is 5.75. The lowest BCUT2D eigenvalue weighted by atomic mass is 10.2. The molecule has 0 atom stereocenters. The summed E-state index contributed by atoms with van der Waals surface area (Å²) in [5.41, 5.74) is 2.38. The molecule has 0 aliphatic heterocycles. The molecule has 0 radical (unpaired) electrons. The van der Waals surface area contributed by atoms with Crippen LogP contribution >= 0.6 is 11.6 Å². The number of hydrogen-bond donors (Lipinski definition) is 0. The normalized spacial score (nSPS) is 10.9. The van der Waals surface area contributed by atoms with Crippen LogP contribution in [0.1, 0.15) is 11.1 Å². The fraction of sp³-hybridized carbons (Fsp3) is 0.400. The first kappa shape index (κ1) is 11.7. The average Bonchev–Trinajstić information content (AvgIpc) is 2.26. The van der Waals surface area contributed by atoms with Crippen LogP contribution in [0, 0.1) is 0 Å². The van der Waals surface area contributed by atoms with Crippen LogP contribution in [0.5, 0.6) is 0 Å². The van der Waals surface area contributed by atoms with Gasteiger partial charge in [-0.1, -0.05) is 24.3 Å². The van der Waals surface area contributed by atoms with Gasteiger partial charge < -0.3 is 8.85 Å². The Morgan fingerprint density at radius 1 is 1.21 bits per heavy atom. The molecule has 0 unspecified atom stereocenters. The van der Waals surface area contributed by atoms with Gasteiger partial charge in [0, 0.05) is 26.1 Å². The first-order chi connectivity index (χ1) is 6.80. The van der Waals surface area contributed by atoms with E-state index in [1.807, 2.05) is 12.1 Å². The summed E-state index contributed by atoms with van der Waals surface area (Å²) in [5.74, 6) is 0.556. The Hall–Kier alpha value is -0.353. The number of rotatable bonds is 5. The molecular weight excluding hydrogens is 216 g/mol. The standard InChI is InChI=1S/C10H15ClO2Si/c1-12-14(13-2)8-10-5-3-4-9(6-10)7-11/h3-6,14H,7-8H2,1-2H3. The predicted octanol–water partition coefficient (Wildman–Crippen LogP) is 2.02. The Morgan fingerprint density at radius 2 is 1.86 bits per heavy atom. The summed E-state index contributed by atoms with van der Waals surface area (Å²) >= 11 is 5.75. The number of benzene rings is 1. The zero-order valence-corrected chi connectivity index (χ0v) is 10.4. The summed E-state index contributed by atoms with van der Waals surface area (Å²) in [6.45, 7) is 0. The maximum atomic E-state index is 5.75. The Bertz CT molecular complexity index is 277. The molecule has 0 fully saturated rings. The summed E-state index contributed by atoms with van der Waals surface area (Å²) in [6.07, 6.45) is 0. The van der Waals surface area contributed by atoms with Crippen molar-refractivity contribution in [3.63, 3.8) is 0 Å². The zero-order chi connectivity index (χ0) is 10.4. The topological polar surface area (TPSA) is 18.5 Å². The minimum absolute atomic E-state index is 0.556. The predicted molar refractivity (Wildman–Crippen MR) is 60.9 cm³/mol. The maximum Gasteiger partial charge on any atom is 0.325 e. The lowest BCUT2D eigenvalue weighted by molar-refractivity contribution is 0.277. The molecular formula is C10H15ClO2Si. The Balaban J connectivity index is 2.65. The van der Waals surface area contributed by atoms with Crippen molar-refractivity contribution in [2.75, 3.05) is 14.2 Å². The van der Waals surface area contributed by atoms with Crippen LogP contribution < -0.4 is 0 Å². The molecule has 0 saturated carbocycles. The lowest BCUT2D eigenvalue weighted by Gasteiger charge is -2.11. The van der Waals surface area contributed by atoms with Gasteiger partial charge in [-0.25, -0.2) is 0 Å². The molecule has 0 amide bonds. The molecule has 2 nitrogen and oxygen atoms in total. The molecule has 1 rings (SSSR count). The fourth-order valence-electron chi connectivity index (χ4n) is 1.30. The van der Waals surface area contributed by atoms with E-state index in [1.165, 1.54) is 5.56 Å². The van der Waals surface area contributed by atoms with E-state index in [9.17, 15) is 0 Å². The highest BCUT2D eigenvalue weighted by atomic mass is 35.5. The third-order valence-electron chi connectivity index (χ3n) is 2.07. The van der Waals surface area contributed by atoms with Gasteiger partial charge in [-0.05, 0) is 11.1 Å². The van der Waals surface area contributed by atoms with Crippen LogP contribution in [0.15, 0.2) is 24.3 Å². The van der Waals surface area contributed by atoms with Gasteiger partial charge in [-0.3, -0.25) is 0 Å². The van der Waals surface area contributed by atoms with Crippen molar-refractivity contribution in [2.24, 2.45) is 0 Å². The van der Waals surface area contributed by atoms with E-state index in [1.54, 1.807) is 14.2 Å². The van der Waals surface area contributed by atoms with E-state index in [0.29, 0.717) is 5.88 Å². The monoisotopic (exact) mass is 230 g/mol. The van der Waals surface area contributed by atoms with Gasteiger partial charge in [0.2, 0.25) is 0 Å². The second-order valence-electron chi connectivity index (χ2n) is 3.06. The molecule has 1 aromatic rings. The van der Waals surface area contributed by atoms with E-state index in [0.717, 1.165) is 11.6 Å². The minimum Gasteiger partial charge on any atom is -0.400 e. The smallest absolute Gasteiger partial charge is 0.325 e. The van der Waals surface area contributed by atoms with Crippen molar-refractivity contribution < 1.29 is 8.85 Å². The van der Waals surface area contributed by atoms with Gasteiger partial charge >= 0.3 is 9.28 Å². The van der Waals surface area contributed by atoms with Gasteiger partial charge in [0.15, 0.2) is 0 Å². The highest BCUT2D eigenvalue weighted by Gasteiger charge is 2.10. The largest absolute Gasteiger partial charge is 0.400 e. The number of halogens is 1. The van der Waals surface area contributed by atoms with Crippen LogP contribution in [0.25, 0.3) is 0 Å². The molecule has 0 saturated heterocycles. The van der Waals surface area contributed by atoms with Crippen LogP contribution in [-0.2, 0) is 20.8 Å². The van der Waals surface area contributed by atoms with Crippen LogP contribution in [0.2, 0.25) is 0 Å². The molecule has 0 aliphatic carbocycles. The molecule has 0 spiro atoms. The molecule has 0 bridgehead atoms. The van der Waals surface area contributed by atoms with Crippen molar-refractivity contribution in [1.29, 1.82) is 0 Å². The molecule has 0 aliphatic rings. The van der Waals surface area contributed by atoms with Gasteiger partial charge in [0.05, 0.1) is 0 Å². The summed E-state index contributed by atoms with van der Waals surface area (Å²) in [6, 6.07) is 9.10. The molecule has 0 N–H and O–H groups in total. The van der Waals surface area contributed by atoms with E-state index < -0.39 is 9.28 Å². The van der Waals surface area contributed by atoms with E-state index in [4.69, 9.17) is 20.5 Å². The summed E-state index contributed by atoms with van der Waals surface area (Å²) < 4.78 is 10.5. The van der Waals surface area contributed by atoms with E-state index in [-0.39, 0.29) is 0 Å². The van der Waals surface area contributed by atoms with Crippen LogP contribution in [0.4, 0.5) is 0 Å². The highest BCUT2D eigenvalue weighted by Crippen LogP contribution is 2.09. The Labute approximate surface area is 91.6 Å². The number of alkyl halides is 1. The lowest BCUT2D eigenvalue weighted by Crippen LogP contribution is -2.22. The van der Waals surface area contributed by atoms with Crippen molar-refractivity contribution >= 4 is 20.9 Å². The average molecular weight is 231 g/mol. The van der Waals surface area contributed by atoms with Gasteiger partial charge in [-0.15, -0.1) is 11.6 Å². The summed E-state index contributed by atoms with van der Waals surface area (Å²) in [4.78, 5) is 0. The van der Waals surface area contributed by atoms with E-state index >= 15 is 0 Å². The van der Waals surface area contributed by atoms with E-state index in [2.05, 4.69) is 12.1 Å². The van der Waals surface area contributed by atoms with Crippen molar-refractivity contribution in [3.05, 3.63) is 35.4 Å². The first-order valence-electron chi connectivity index (χ1n) is 4.49. The fourth-order valence-corrected chi connectivity index (χ4v) is 2.63. The second kappa shape index (κ2) is 6.19. The molecule has 0 heterocycles. The first-order valence-corrected chi connectivity index (χ1v) is 6.79. The van der Waals surface area contributed by atoms with Crippen molar-refractivity contribution in [3.8, 4) is 0 Å². The third kappa shape index (κ3) is 3.42. The van der Waals surface area contributed by atoms with Crippen LogP contribution in [0.3, 0.4) is 0 Å². The SMILES string of the molecule is CO[SiH](Cc1cccc(CCl)c1)OC. The van der Waals surface area contributed by atoms with Gasteiger partial charge in [0.1, 0.15) is 0 Å². The Kier molecular flexibility index (Phi) is 5.18. The second-order valence-corrected chi connectivity index (χ2v) is 5.54. The molecule has 78 valence electrons.